The van der Waals surface area contributed by atoms with Gasteiger partial charge in [-0.1, -0.05) is 36.4 Å². The van der Waals surface area contributed by atoms with E-state index in [2.05, 4.69) is 12.6 Å². The van der Waals surface area contributed by atoms with Gasteiger partial charge in [0.1, 0.15) is 5.75 Å². The maximum absolute atomic E-state index is 9.70. The molecule has 0 aliphatic carbocycles. The number of aromatic hydroxyl groups is 1. The van der Waals surface area contributed by atoms with Gasteiger partial charge >= 0.3 is 0 Å². The number of benzene rings is 2. The molecule has 0 radical (unpaired) electrons. The van der Waals surface area contributed by atoms with Crippen molar-refractivity contribution in [3.63, 3.8) is 0 Å². The Morgan fingerprint density at radius 1 is 0.857 bits per heavy atom. The third-order valence-corrected chi connectivity index (χ3v) is 2.46. The Morgan fingerprint density at radius 3 is 2.21 bits per heavy atom. The molecular weight excluding hydrogens is 192 g/mol. The third-order valence-electron chi connectivity index (χ3n) is 2.08. The van der Waals surface area contributed by atoms with Crippen molar-refractivity contribution < 1.29 is 5.11 Å². The first-order chi connectivity index (χ1) is 6.79. The highest BCUT2D eigenvalue weighted by Gasteiger charge is 2.06. The second-order valence-corrected chi connectivity index (χ2v) is 3.52. The summed E-state index contributed by atoms with van der Waals surface area (Å²) in [5.74, 6) is 0.267. The standard InChI is InChI=1S/C12H10OS/c13-10-7-4-8-11(14)12(10)9-5-2-1-3-6-9/h1-8,13-14H. The van der Waals surface area contributed by atoms with Crippen molar-refractivity contribution in [2.24, 2.45) is 0 Å². The van der Waals surface area contributed by atoms with Gasteiger partial charge in [-0.3, -0.25) is 0 Å². The molecule has 0 heterocycles. The van der Waals surface area contributed by atoms with Crippen LogP contribution >= 0.6 is 12.6 Å². The molecule has 1 N–H and O–H groups in total. The van der Waals surface area contributed by atoms with Crippen molar-refractivity contribution in [2.45, 2.75) is 4.90 Å². The van der Waals surface area contributed by atoms with Gasteiger partial charge in [-0.05, 0) is 17.7 Å². The first-order valence-corrected chi connectivity index (χ1v) is 4.80. The average Bonchev–Trinajstić information content (AvgIpc) is 2.19. The molecule has 0 amide bonds. The summed E-state index contributed by atoms with van der Waals surface area (Å²) in [6.07, 6.45) is 0. The molecular formula is C12H10OS. The molecule has 2 aromatic rings. The van der Waals surface area contributed by atoms with Crippen molar-refractivity contribution >= 4 is 12.6 Å². The predicted molar refractivity (Wildman–Crippen MR) is 60.8 cm³/mol. The van der Waals surface area contributed by atoms with Gasteiger partial charge in [0.15, 0.2) is 0 Å². The normalized spacial score (nSPS) is 10.1. The van der Waals surface area contributed by atoms with Crippen LogP contribution in [0, 0.1) is 0 Å². The number of rotatable bonds is 1. The van der Waals surface area contributed by atoms with Gasteiger partial charge in [0.25, 0.3) is 0 Å². The molecule has 0 fully saturated rings. The first-order valence-electron chi connectivity index (χ1n) is 4.35. The minimum absolute atomic E-state index is 0.267. The molecule has 2 rings (SSSR count). The lowest BCUT2D eigenvalue weighted by atomic mass is 10.0. The lowest BCUT2D eigenvalue weighted by molar-refractivity contribution is 0.476. The van der Waals surface area contributed by atoms with E-state index in [-0.39, 0.29) is 5.75 Å². The Morgan fingerprint density at radius 2 is 1.57 bits per heavy atom. The molecule has 14 heavy (non-hydrogen) atoms. The zero-order valence-corrected chi connectivity index (χ0v) is 8.41. The van der Waals surface area contributed by atoms with E-state index < -0.39 is 0 Å². The van der Waals surface area contributed by atoms with Crippen molar-refractivity contribution in [3.8, 4) is 16.9 Å². The molecule has 0 saturated carbocycles. The monoisotopic (exact) mass is 202 g/mol. The number of hydrogen-bond acceptors (Lipinski definition) is 2. The molecule has 0 saturated heterocycles. The molecule has 0 aliphatic rings. The van der Waals surface area contributed by atoms with Crippen LogP contribution in [0.3, 0.4) is 0 Å². The molecule has 0 aromatic heterocycles. The van der Waals surface area contributed by atoms with E-state index in [0.29, 0.717) is 0 Å². The summed E-state index contributed by atoms with van der Waals surface area (Å²) in [7, 11) is 0. The van der Waals surface area contributed by atoms with Crippen LogP contribution in [0.1, 0.15) is 0 Å². The molecule has 0 aliphatic heterocycles. The summed E-state index contributed by atoms with van der Waals surface area (Å²) in [6.45, 7) is 0. The van der Waals surface area contributed by atoms with Crippen LogP contribution in [0.5, 0.6) is 5.75 Å². The fourth-order valence-corrected chi connectivity index (χ4v) is 1.76. The zero-order chi connectivity index (χ0) is 9.97. The molecule has 70 valence electrons. The Hall–Kier alpha value is -1.41. The maximum Gasteiger partial charge on any atom is 0.124 e. The van der Waals surface area contributed by atoms with Gasteiger partial charge in [0.2, 0.25) is 0 Å². The maximum atomic E-state index is 9.70. The van der Waals surface area contributed by atoms with Crippen molar-refractivity contribution in [1.82, 2.24) is 0 Å². The largest absolute Gasteiger partial charge is 0.507 e. The summed E-state index contributed by atoms with van der Waals surface area (Å²) in [4.78, 5) is 0.788. The second-order valence-electron chi connectivity index (χ2n) is 3.04. The SMILES string of the molecule is Oc1cccc(S)c1-c1ccccc1. The van der Waals surface area contributed by atoms with E-state index in [1.165, 1.54) is 0 Å². The number of phenols is 1. The van der Waals surface area contributed by atoms with Crippen LogP contribution in [-0.2, 0) is 0 Å². The van der Waals surface area contributed by atoms with E-state index in [4.69, 9.17) is 0 Å². The number of hydrogen-bond donors (Lipinski definition) is 2. The van der Waals surface area contributed by atoms with Crippen molar-refractivity contribution in [3.05, 3.63) is 48.5 Å². The smallest absolute Gasteiger partial charge is 0.124 e. The Kier molecular flexibility index (Phi) is 2.46. The van der Waals surface area contributed by atoms with E-state index in [0.717, 1.165) is 16.0 Å². The minimum atomic E-state index is 0.267. The predicted octanol–water partition coefficient (Wildman–Crippen LogP) is 3.35. The third kappa shape index (κ3) is 1.61. The molecule has 2 aromatic carbocycles. The molecule has 0 atom stereocenters. The summed E-state index contributed by atoms with van der Waals surface area (Å²) in [6, 6.07) is 15.0. The summed E-state index contributed by atoms with van der Waals surface area (Å²) >= 11 is 4.32. The summed E-state index contributed by atoms with van der Waals surface area (Å²) < 4.78 is 0. The van der Waals surface area contributed by atoms with Gasteiger partial charge in [0, 0.05) is 10.5 Å². The van der Waals surface area contributed by atoms with Crippen LogP contribution in [0.2, 0.25) is 0 Å². The molecule has 1 nitrogen and oxygen atoms in total. The highest BCUT2D eigenvalue weighted by Crippen LogP contribution is 2.34. The van der Waals surface area contributed by atoms with Gasteiger partial charge in [0.05, 0.1) is 0 Å². The number of phenolic OH excluding ortho intramolecular Hbond substituents is 1. The topological polar surface area (TPSA) is 20.2 Å². The number of thiol groups is 1. The molecule has 0 spiro atoms. The highest BCUT2D eigenvalue weighted by molar-refractivity contribution is 7.80. The Balaban J connectivity index is 2.63. The zero-order valence-electron chi connectivity index (χ0n) is 7.51. The lowest BCUT2D eigenvalue weighted by Crippen LogP contribution is -1.80. The fourth-order valence-electron chi connectivity index (χ4n) is 1.43. The van der Waals surface area contributed by atoms with E-state index in [1.54, 1.807) is 12.1 Å². The van der Waals surface area contributed by atoms with Crippen LogP contribution in [-0.4, -0.2) is 5.11 Å². The Labute approximate surface area is 88.4 Å². The van der Waals surface area contributed by atoms with Crippen molar-refractivity contribution in [2.75, 3.05) is 0 Å². The molecule has 0 unspecified atom stereocenters. The van der Waals surface area contributed by atoms with Crippen molar-refractivity contribution in [1.29, 1.82) is 0 Å². The highest BCUT2D eigenvalue weighted by atomic mass is 32.1. The quantitative estimate of drug-likeness (QED) is 0.679. The fraction of sp³-hybridized carbons (Fsp3) is 0. The van der Waals surface area contributed by atoms with Crippen LogP contribution in [0.15, 0.2) is 53.4 Å². The Bertz CT molecular complexity index is 417. The van der Waals surface area contributed by atoms with Crippen LogP contribution < -0.4 is 0 Å². The molecule has 2 heteroatoms. The van der Waals surface area contributed by atoms with Gasteiger partial charge in [-0.25, -0.2) is 0 Å². The van der Waals surface area contributed by atoms with E-state index >= 15 is 0 Å². The first kappa shape index (κ1) is 9.16. The van der Waals surface area contributed by atoms with E-state index in [1.807, 2.05) is 36.4 Å². The summed E-state index contributed by atoms with van der Waals surface area (Å²) in [5, 5.41) is 9.70. The molecule has 0 bridgehead atoms. The van der Waals surface area contributed by atoms with Gasteiger partial charge < -0.3 is 5.11 Å². The summed E-state index contributed by atoms with van der Waals surface area (Å²) in [5.41, 5.74) is 1.77. The lowest BCUT2D eigenvalue weighted by Gasteiger charge is -2.06. The van der Waals surface area contributed by atoms with Gasteiger partial charge in [-0.15, -0.1) is 12.6 Å². The van der Waals surface area contributed by atoms with E-state index in [9.17, 15) is 5.11 Å². The van der Waals surface area contributed by atoms with Gasteiger partial charge in [-0.2, -0.15) is 0 Å². The minimum Gasteiger partial charge on any atom is -0.507 e. The second kappa shape index (κ2) is 3.76. The average molecular weight is 202 g/mol. The van der Waals surface area contributed by atoms with Crippen LogP contribution in [0.4, 0.5) is 0 Å². The van der Waals surface area contributed by atoms with Crippen LogP contribution in [0.25, 0.3) is 11.1 Å².